The summed E-state index contributed by atoms with van der Waals surface area (Å²) in [5.74, 6) is 0.569. The number of ether oxygens (including phenoxy) is 2. The van der Waals surface area contributed by atoms with Gasteiger partial charge in [0.15, 0.2) is 11.5 Å². The van der Waals surface area contributed by atoms with E-state index >= 15 is 0 Å². The monoisotopic (exact) mass is 465 g/mol. The molecule has 3 aromatic carbocycles. The Balaban J connectivity index is 1.54. The number of fused-ring (bicyclic) bond motifs is 1. The van der Waals surface area contributed by atoms with Crippen molar-refractivity contribution in [1.82, 2.24) is 5.43 Å². The van der Waals surface area contributed by atoms with Crippen LogP contribution in [0.5, 0.6) is 11.5 Å². The fraction of sp³-hybridized carbons (Fsp3) is 0.167. The standard InChI is InChI=1S/C24H23N3O5S/c1-18-10-12-20(13-11-18)27(33(29,30)21-7-3-2-4-8-21)17-23(28)26-25-16-19-6-5-9-22-24(19)32-15-14-31-22/h2-13,16H,14-15,17H2,1H3,(H,26,28)/b25-16-. The van der Waals surface area contributed by atoms with Gasteiger partial charge in [0, 0.05) is 5.56 Å². The number of hydrazone groups is 1. The zero-order valence-corrected chi connectivity index (χ0v) is 18.8. The van der Waals surface area contributed by atoms with Crippen LogP contribution < -0.4 is 19.2 Å². The molecule has 1 aliphatic heterocycles. The number of sulfonamides is 1. The molecule has 0 saturated heterocycles. The lowest BCUT2D eigenvalue weighted by Crippen LogP contribution is -2.39. The summed E-state index contributed by atoms with van der Waals surface area (Å²) in [5, 5.41) is 3.98. The molecule has 0 unspecified atom stereocenters. The molecule has 0 bridgehead atoms. The van der Waals surface area contributed by atoms with Crippen LogP contribution in [0.15, 0.2) is 82.8 Å². The fourth-order valence-electron chi connectivity index (χ4n) is 3.28. The summed E-state index contributed by atoms with van der Waals surface area (Å²) in [4.78, 5) is 12.8. The van der Waals surface area contributed by atoms with E-state index in [9.17, 15) is 13.2 Å². The maximum absolute atomic E-state index is 13.3. The second kappa shape index (κ2) is 9.74. The first-order valence-electron chi connectivity index (χ1n) is 10.3. The van der Waals surface area contributed by atoms with Crippen LogP contribution in [0.4, 0.5) is 5.69 Å². The van der Waals surface area contributed by atoms with Crippen molar-refractivity contribution >= 4 is 27.8 Å². The summed E-state index contributed by atoms with van der Waals surface area (Å²) >= 11 is 0. The minimum absolute atomic E-state index is 0.0925. The molecule has 33 heavy (non-hydrogen) atoms. The number of rotatable bonds is 7. The molecule has 0 aromatic heterocycles. The van der Waals surface area contributed by atoms with Crippen LogP contribution in [0, 0.1) is 6.92 Å². The number of nitrogens with zero attached hydrogens (tertiary/aromatic N) is 2. The summed E-state index contributed by atoms with van der Waals surface area (Å²) < 4.78 is 38.8. The molecule has 3 aromatic rings. The van der Waals surface area contributed by atoms with Crippen molar-refractivity contribution in [3.8, 4) is 11.5 Å². The molecule has 1 N–H and O–H groups in total. The van der Waals surface area contributed by atoms with Crippen molar-refractivity contribution in [2.45, 2.75) is 11.8 Å². The van der Waals surface area contributed by atoms with Crippen LogP contribution in [-0.2, 0) is 14.8 Å². The summed E-state index contributed by atoms with van der Waals surface area (Å²) in [7, 11) is -3.97. The molecule has 8 nitrogen and oxygen atoms in total. The predicted molar refractivity (Wildman–Crippen MR) is 125 cm³/mol. The zero-order chi connectivity index (χ0) is 23.3. The van der Waals surface area contributed by atoms with Gasteiger partial charge in [-0.25, -0.2) is 13.8 Å². The Hall–Kier alpha value is -3.85. The predicted octanol–water partition coefficient (Wildman–Crippen LogP) is 3.11. The fourth-order valence-corrected chi connectivity index (χ4v) is 4.73. The average molecular weight is 466 g/mol. The normalized spacial score (nSPS) is 13.0. The summed E-state index contributed by atoms with van der Waals surface area (Å²) in [6, 6.07) is 20.3. The number of aryl methyl sites for hydroxylation is 1. The van der Waals surface area contributed by atoms with E-state index in [4.69, 9.17) is 9.47 Å². The molecule has 9 heteroatoms. The number of anilines is 1. The van der Waals surface area contributed by atoms with E-state index in [0.29, 0.717) is 36.0 Å². The number of para-hydroxylation sites is 1. The lowest BCUT2D eigenvalue weighted by molar-refractivity contribution is -0.119. The average Bonchev–Trinajstić information content (AvgIpc) is 2.84. The van der Waals surface area contributed by atoms with E-state index in [1.807, 2.05) is 6.92 Å². The number of benzene rings is 3. The number of carbonyl (C=O) groups excluding carboxylic acids is 1. The van der Waals surface area contributed by atoms with Gasteiger partial charge in [0.25, 0.3) is 15.9 Å². The van der Waals surface area contributed by atoms with Crippen molar-refractivity contribution in [3.05, 3.63) is 83.9 Å². The maximum atomic E-state index is 13.3. The third-order valence-corrected chi connectivity index (χ3v) is 6.72. The number of carbonyl (C=O) groups is 1. The second-order valence-corrected chi connectivity index (χ2v) is 9.19. The molecule has 170 valence electrons. The topological polar surface area (TPSA) is 97.3 Å². The minimum Gasteiger partial charge on any atom is -0.486 e. The van der Waals surface area contributed by atoms with E-state index in [0.717, 1.165) is 9.87 Å². The van der Waals surface area contributed by atoms with Crippen LogP contribution in [0.3, 0.4) is 0 Å². The van der Waals surface area contributed by atoms with Crippen molar-refractivity contribution in [1.29, 1.82) is 0 Å². The molecule has 4 rings (SSSR count). The quantitative estimate of drug-likeness (QED) is 0.427. The van der Waals surface area contributed by atoms with E-state index in [1.165, 1.54) is 18.3 Å². The first-order valence-corrected chi connectivity index (χ1v) is 11.7. The Morgan fingerprint density at radius 1 is 1.00 bits per heavy atom. The lowest BCUT2D eigenvalue weighted by atomic mass is 10.2. The highest BCUT2D eigenvalue weighted by molar-refractivity contribution is 7.92. The van der Waals surface area contributed by atoms with Crippen molar-refractivity contribution in [3.63, 3.8) is 0 Å². The SMILES string of the molecule is Cc1ccc(N(CC(=O)N/N=C\c2cccc3c2OCCO3)S(=O)(=O)c2ccccc2)cc1. The van der Waals surface area contributed by atoms with Gasteiger partial charge in [-0.3, -0.25) is 9.10 Å². The lowest BCUT2D eigenvalue weighted by Gasteiger charge is -2.23. The molecular weight excluding hydrogens is 442 g/mol. The van der Waals surface area contributed by atoms with Crippen LogP contribution in [0.2, 0.25) is 0 Å². The molecule has 0 radical (unpaired) electrons. The molecule has 0 fully saturated rings. The Bertz CT molecular complexity index is 1260. The molecule has 1 aliphatic rings. The van der Waals surface area contributed by atoms with E-state index in [1.54, 1.807) is 60.7 Å². The van der Waals surface area contributed by atoms with E-state index in [2.05, 4.69) is 10.5 Å². The van der Waals surface area contributed by atoms with Gasteiger partial charge in [0.05, 0.1) is 16.8 Å². The van der Waals surface area contributed by atoms with Crippen LogP contribution in [0.1, 0.15) is 11.1 Å². The van der Waals surface area contributed by atoms with Crippen LogP contribution >= 0.6 is 0 Å². The summed E-state index contributed by atoms with van der Waals surface area (Å²) in [5.41, 5.74) is 4.39. The Kier molecular flexibility index (Phi) is 6.60. The van der Waals surface area contributed by atoms with Gasteiger partial charge in [-0.05, 0) is 43.3 Å². The van der Waals surface area contributed by atoms with Gasteiger partial charge in [0.1, 0.15) is 19.8 Å². The molecule has 0 saturated carbocycles. The third-order valence-electron chi connectivity index (χ3n) is 4.93. The molecule has 1 amide bonds. The highest BCUT2D eigenvalue weighted by Gasteiger charge is 2.27. The van der Waals surface area contributed by atoms with Gasteiger partial charge in [-0.2, -0.15) is 5.10 Å². The van der Waals surface area contributed by atoms with Gasteiger partial charge < -0.3 is 9.47 Å². The largest absolute Gasteiger partial charge is 0.486 e. The van der Waals surface area contributed by atoms with Gasteiger partial charge in [-0.15, -0.1) is 0 Å². The summed E-state index contributed by atoms with van der Waals surface area (Å²) in [6.45, 7) is 2.35. The van der Waals surface area contributed by atoms with Crippen LogP contribution in [0.25, 0.3) is 0 Å². The Morgan fingerprint density at radius 2 is 1.73 bits per heavy atom. The van der Waals surface area contributed by atoms with Crippen LogP contribution in [-0.4, -0.2) is 40.3 Å². The van der Waals surface area contributed by atoms with E-state index < -0.39 is 22.5 Å². The number of amides is 1. The molecule has 0 aliphatic carbocycles. The summed E-state index contributed by atoms with van der Waals surface area (Å²) in [6.07, 6.45) is 1.44. The van der Waals surface area contributed by atoms with Crippen molar-refractivity contribution in [2.75, 3.05) is 24.1 Å². The Labute approximate surface area is 192 Å². The van der Waals surface area contributed by atoms with Gasteiger partial charge in [0.2, 0.25) is 0 Å². The zero-order valence-electron chi connectivity index (χ0n) is 18.0. The highest BCUT2D eigenvalue weighted by atomic mass is 32.2. The van der Waals surface area contributed by atoms with Gasteiger partial charge in [-0.1, -0.05) is 42.0 Å². The van der Waals surface area contributed by atoms with E-state index in [-0.39, 0.29) is 4.90 Å². The Morgan fingerprint density at radius 3 is 2.48 bits per heavy atom. The molecule has 0 atom stereocenters. The molecule has 1 heterocycles. The number of hydrogen-bond donors (Lipinski definition) is 1. The minimum atomic E-state index is -3.97. The molecule has 0 spiro atoms. The number of hydrogen-bond acceptors (Lipinski definition) is 6. The first kappa shape index (κ1) is 22.3. The van der Waals surface area contributed by atoms with Crippen molar-refractivity contribution in [2.24, 2.45) is 5.10 Å². The van der Waals surface area contributed by atoms with Crippen molar-refractivity contribution < 1.29 is 22.7 Å². The smallest absolute Gasteiger partial charge is 0.264 e. The second-order valence-electron chi connectivity index (χ2n) is 7.32. The molecular formula is C24H23N3O5S. The first-order chi connectivity index (χ1) is 15.9. The third kappa shape index (κ3) is 5.15. The highest BCUT2D eigenvalue weighted by Crippen LogP contribution is 2.32. The van der Waals surface area contributed by atoms with Gasteiger partial charge >= 0.3 is 0 Å². The maximum Gasteiger partial charge on any atom is 0.264 e. The number of nitrogens with one attached hydrogen (secondary N) is 1.